The molecule has 1 saturated heterocycles. The Morgan fingerprint density at radius 3 is 3.05 bits per heavy atom. The van der Waals surface area contributed by atoms with Crippen LogP contribution in [0.25, 0.3) is 0 Å². The van der Waals surface area contributed by atoms with Gasteiger partial charge < -0.3 is 9.47 Å². The van der Waals surface area contributed by atoms with Gasteiger partial charge in [0.1, 0.15) is 0 Å². The second-order valence-electron chi connectivity index (χ2n) is 4.73. The van der Waals surface area contributed by atoms with Gasteiger partial charge in [-0.15, -0.1) is 0 Å². The zero-order chi connectivity index (χ0) is 13.1. The van der Waals surface area contributed by atoms with Crippen molar-refractivity contribution in [2.75, 3.05) is 37.9 Å². The van der Waals surface area contributed by atoms with Crippen molar-refractivity contribution in [1.82, 2.24) is 4.90 Å². The number of fused-ring (bicyclic) bond motifs is 1. The van der Waals surface area contributed by atoms with Crippen LogP contribution in [0.15, 0.2) is 18.2 Å². The molecule has 3 rings (SSSR count). The number of benzene rings is 1. The maximum atomic E-state index is 12.3. The number of rotatable bonds is 3. The molecule has 0 amide bonds. The zero-order valence-electron chi connectivity index (χ0n) is 10.8. The van der Waals surface area contributed by atoms with Crippen LogP contribution in [0.3, 0.4) is 0 Å². The number of carbonyl (C=O) groups excluding carboxylic acids is 1. The second kappa shape index (κ2) is 5.84. The first-order valence-corrected chi connectivity index (χ1v) is 7.71. The number of carbonyl (C=O) groups is 1. The number of hydrogen-bond acceptors (Lipinski definition) is 5. The second-order valence-corrected chi connectivity index (χ2v) is 5.96. The van der Waals surface area contributed by atoms with E-state index < -0.39 is 0 Å². The molecule has 19 heavy (non-hydrogen) atoms. The molecule has 0 spiro atoms. The van der Waals surface area contributed by atoms with E-state index in [9.17, 15) is 4.79 Å². The fraction of sp³-hybridized carbons (Fsp3) is 0.500. The molecule has 0 N–H and O–H groups in total. The van der Waals surface area contributed by atoms with Crippen LogP contribution in [0.5, 0.6) is 11.5 Å². The third kappa shape index (κ3) is 3.04. The summed E-state index contributed by atoms with van der Waals surface area (Å²) in [5.74, 6) is 3.88. The van der Waals surface area contributed by atoms with Gasteiger partial charge in [0, 0.05) is 17.9 Å². The zero-order valence-corrected chi connectivity index (χ0v) is 11.6. The Labute approximate surface area is 117 Å². The highest BCUT2D eigenvalue weighted by Crippen LogP contribution is 2.32. The van der Waals surface area contributed by atoms with E-state index in [-0.39, 0.29) is 12.6 Å². The van der Waals surface area contributed by atoms with E-state index in [2.05, 4.69) is 4.90 Å². The standard InChI is InChI=1S/C14H17NO3S/c16-12(9-15-4-1-6-19-7-5-15)11-2-3-13-14(8-11)18-10-17-13/h2-3,8H,1,4-7,9-10H2. The Bertz CT molecular complexity index is 470. The van der Waals surface area contributed by atoms with Crippen LogP contribution in [0.2, 0.25) is 0 Å². The molecule has 0 atom stereocenters. The molecule has 4 nitrogen and oxygen atoms in total. The number of hydrogen-bond donors (Lipinski definition) is 0. The van der Waals surface area contributed by atoms with Crippen molar-refractivity contribution >= 4 is 17.5 Å². The van der Waals surface area contributed by atoms with Crippen molar-refractivity contribution in [3.8, 4) is 11.5 Å². The van der Waals surface area contributed by atoms with Gasteiger partial charge in [0.25, 0.3) is 0 Å². The fourth-order valence-electron chi connectivity index (χ4n) is 2.32. The average Bonchev–Trinajstić information content (AvgIpc) is 2.75. The minimum atomic E-state index is 0.158. The summed E-state index contributed by atoms with van der Waals surface area (Å²) >= 11 is 1.97. The van der Waals surface area contributed by atoms with E-state index in [4.69, 9.17) is 9.47 Å². The molecule has 2 aliphatic heterocycles. The topological polar surface area (TPSA) is 38.8 Å². The van der Waals surface area contributed by atoms with Gasteiger partial charge in [-0.25, -0.2) is 0 Å². The van der Waals surface area contributed by atoms with Crippen LogP contribution in [0.1, 0.15) is 16.8 Å². The monoisotopic (exact) mass is 279 g/mol. The number of nitrogens with zero attached hydrogens (tertiary/aromatic N) is 1. The first kappa shape index (κ1) is 12.8. The highest BCUT2D eigenvalue weighted by molar-refractivity contribution is 7.99. The van der Waals surface area contributed by atoms with Gasteiger partial charge in [0.15, 0.2) is 17.3 Å². The van der Waals surface area contributed by atoms with Crippen LogP contribution in [-0.4, -0.2) is 48.6 Å². The normalized spacial score (nSPS) is 19.2. The van der Waals surface area contributed by atoms with E-state index in [0.717, 1.165) is 24.6 Å². The average molecular weight is 279 g/mol. The molecule has 0 radical (unpaired) electrons. The van der Waals surface area contributed by atoms with Crippen LogP contribution < -0.4 is 9.47 Å². The Morgan fingerprint density at radius 2 is 2.11 bits per heavy atom. The third-order valence-electron chi connectivity index (χ3n) is 3.38. The van der Waals surface area contributed by atoms with Crippen molar-refractivity contribution in [3.63, 3.8) is 0 Å². The Balaban J connectivity index is 1.66. The van der Waals surface area contributed by atoms with Crippen molar-refractivity contribution in [2.45, 2.75) is 6.42 Å². The van der Waals surface area contributed by atoms with Gasteiger partial charge in [0.2, 0.25) is 6.79 Å². The third-order valence-corrected chi connectivity index (χ3v) is 4.43. The summed E-state index contributed by atoms with van der Waals surface area (Å²) < 4.78 is 10.6. The molecule has 0 aliphatic carbocycles. The molecule has 5 heteroatoms. The summed E-state index contributed by atoms with van der Waals surface area (Å²) in [5, 5.41) is 0. The van der Waals surface area contributed by atoms with Crippen molar-refractivity contribution in [1.29, 1.82) is 0 Å². The van der Waals surface area contributed by atoms with E-state index in [1.165, 1.54) is 12.2 Å². The molecule has 0 aromatic heterocycles. The lowest BCUT2D eigenvalue weighted by atomic mass is 10.1. The van der Waals surface area contributed by atoms with Gasteiger partial charge in [-0.1, -0.05) is 0 Å². The number of ketones is 1. The summed E-state index contributed by atoms with van der Waals surface area (Å²) in [6.07, 6.45) is 1.17. The summed E-state index contributed by atoms with van der Waals surface area (Å²) in [4.78, 5) is 14.5. The maximum absolute atomic E-state index is 12.3. The van der Waals surface area contributed by atoms with Crippen LogP contribution in [0, 0.1) is 0 Å². The fourth-order valence-corrected chi connectivity index (χ4v) is 3.24. The van der Waals surface area contributed by atoms with Gasteiger partial charge in [-0.05, 0) is 36.9 Å². The SMILES string of the molecule is O=C(CN1CCCSCC1)c1ccc2c(c1)OCO2. The molecule has 0 unspecified atom stereocenters. The molecule has 1 fully saturated rings. The molecule has 0 saturated carbocycles. The molecule has 1 aromatic rings. The Kier molecular flexibility index (Phi) is 3.94. The first-order chi connectivity index (χ1) is 9.33. The summed E-state index contributed by atoms with van der Waals surface area (Å²) in [6, 6.07) is 5.42. The Morgan fingerprint density at radius 1 is 1.21 bits per heavy atom. The number of Topliss-reactive ketones (excluding diaryl/α,β-unsaturated/α-hetero) is 1. The predicted molar refractivity (Wildman–Crippen MR) is 75.3 cm³/mol. The van der Waals surface area contributed by atoms with Gasteiger partial charge >= 0.3 is 0 Å². The van der Waals surface area contributed by atoms with Gasteiger partial charge in [0.05, 0.1) is 6.54 Å². The van der Waals surface area contributed by atoms with E-state index in [1.54, 1.807) is 6.07 Å². The lowest BCUT2D eigenvalue weighted by Gasteiger charge is -2.18. The largest absolute Gasteiger partial charge is 0.454 e. The van der Waals surface area contributed by atoms with Crippen LogP contribution in [-0.2, 0) is 0 Å². The molecule has 102 valence electrons. The highest BCUT2D eigenvalue weighted by Gasteiger charge is 2.18. The van der Waals surface area contributed by atoms with Crippen molar-refractivity contribution < 1.29 is 14.3 Å². The smallest absolute Gasteiger partial charge is 0.231 e. The lowest BCUT2D eigenvalue weighted by Crippen LogP contribution is -2.31. The summed E-state index contributed by atoms with van der Waals surface area (Å²) in [6.45, 7) is 2.76. The van der Waals surface area contributed by atoms with Crippen molar-refractivity contribution in [3.05, 3.63) is 23.8 Å². The minimum Gasteiger partial charge on any atom is -0.454 e. The molecule has 1 aromatic carbocycles. The van der Waals surface area contributed by atoms with E-state index in [1.807, 2.05) is 23.9 Å². The highest BCUT2D eigenvalue weighted by atomic mass is 32.2. The van der Waals surface area contributed by atoms with E-state index in [0.29, 0.717) is 17.9 Å². The van der Waals surface area contributed by atoms with Crippen LogP contribution >= 0.6 is 11.8 Å². The van der Waals surface area contributed by atoms with E-state index >= 15 is 0 Å². The number of ether oxygens (including phenoxy) is 2. The molecule has 0 bridgehead atoms. The molecular formula is C14H17NO3S. The minimum absolute atomic E-state index is 0.158. The molecule has 2 heterocycles. The van der Waals surface area contributed by atoms with Gasteiger partial charge in [-0.2, -0.15) is 11.8 Å². The lowest BCUT2D eigenvalue weighted by molar-refractivity contribution is 0.0935. The van der Waals surface area contributed by atoms with Gasteiger partial charge in [-0.3, -0.25) is 9.69 Å². The molecular weight excluding hydrogens is 262 g/mol. The maximum Gasteiger partial charge on any atom is 0.231 e. The first-order valence-electron chi connectivity index (χ1n) is 6.56. The summed E-state index contributed by atoms with van der Waals surface area (Å²) in [5.41, 5.74) is 0.709. The number of thioether (sulfide) groups is 1. The summed E-state index contributed by atoms with van der Waals surface area (Å²) in [7, 11) is 0. The predicted octanol–water partition coefficient (Wildman–Crippen LogP) is 2.04. The van der Waals surface area contributed by atoms with Crippen molar-refractivity contribution in [2.24, 2.45) is 0 Å². The quantitative estimate of drug-likeness (QED) is 0.792. The van der Waals surface area contributed by atoms with Crippen LogP contribution in [0.4, 0.5) is 0 Å². The Hall–Kier alpha value is -1.20. The molecule has 2 aliphatic rings.